The average Bonchev–Trinajstić information content (AvgIpc) is 2.15. The highest BCUT2D eigenvalue weighted by atomic mass is 14.7. The van der Waals surface area contributed by atoms with E-state index in [4.69, 9.17) is 11.1 Å². The Morgan fingerprint density at radius 3 is 2.46 bits per heavy atom. The van der Waals surface area contributed by atoms with Crippen LogP contribution in [0.4, 0.5) is 0 Å². The predicted molar refractivity (Wildman–Crippen MR) is 56.9 cm³/mol. The number of hydrogen-bond acceptors (Lipinski definition) is 2. The quantitative estimate of drug-likeness (QED) is 0.625. The molecule has 0 aromatic rings. The van der Waals surface area contributed by atoms with Crippen molar-refractivity contribution >= 4 is 5.71 Å². The summed E-state index contributed by atoms with van der Waals surface area (Å²) in [5.74, 6) is 0.145. The lowest BCUT2D eigenvalue weighted by molar-refractivity contribution is 0.284. The number of rotatable bonds is 2. The maximum Gasteiger partial charge on any atom is 0.0285 e. The zero-order valence-electron chi connectivity index (χ0n) is 8.22. The van der Waals surface area contributed by atoms with Gasteiger partial charge in [-0.1, -0.05) is 19.1 Å². The van der Waals surface area contributed by atoms with Gasteiger partial charge in [-0.05, 0) is 12.8 Å². The molecule has 2 atom stereocenters. The molecular weight excluding hydrogens is 160 g/mol. The van der Waals surface area contributed by atoms with Crippen molar-refractivity contribution < 1.29 is 0 Å². The van der Waals surface area contributed by atoms with Crippen LogP contribution in [-0.4, -0.2) is 11.8 Å². The molecule has 72 valence electrons. The summed E-state index contributed by atoms with van der Waals surface area (Å²) in [5.41, 5.74) is 6.55. The van der Waals surface area contributed by atoms with Gasteiger partial charge in [0.05, 0.1) is 0 Å². The minimum absolute atomic E-state index is 0.0617. The molecule has 0 heterocycles. The van der Waals surface area contributed by atoms with Gasteiger partial charge < -0.3 is 11.1 Å². The molecule has 0 aromatic carbocycles. The average molecular weight is 178 g/mol. The predicted octanol–water partition coefficient (Wildman–Crippen LogP) is 2.12. The zero-order chi connectivity index (χ0) is 10.1. The third-order valence-electron chi connectivity index (χ3n) is 3.35. The molecule has 2 nitrogen and oxygen atoms in total. The van der Waals surface area contributed by atoms with Crippen molar-refractivity contribution in [3.63, 3.8) is 0 Å². The van der Waals surface area contributed by atoms with Crippen molar-refractivity contribution in [2.75, 3.05) is 0 Å². The molecule has 1 fully saturated rings. The van der Waals surface area contributed by atoms with Crippen LogP contribution in [0, 0.1) is 16.7 Å². The molecule has 0 aliphatic heterocycles. The summed E-state index contributed by atoms with van der Waals surface area (Å²) in [7, 11) is 0. The third-order valence-corrected chi connectivity index (χ3v) is 3.35. The van der Waals surface area contributed by atoms with Gasteiger partial charge in [-0.25, -0.2) is 0 Å². The second kappa shape index (κ2) is 3.46. The molecule has 1 rings (SSSR count). The molecule has 0 radical (unpaired) electrons. The van der Waals surface area contributed by atoms with Crippen molar-refractivity contribution in [1.82, 2.24) is 0 Å². The number of hydrogen-bond donors (Lipinski definition) is 2. The maximum atomic E-state index is 7.80. The second-order valence-corrected chi connectivity index (χ2v) is 3.80. The molecular formula is C11H18N2. The Kier molecular flexibility index (Phi) is 2.71. The van der Waals surface area contributed by atoms with E-state index in [2.05, 4.69) is 13.2 Å². The van der Waals surface area contributed by atoms with E-state index in [1.54, 1.807) is 0 Å². The van der Waals surface area contributed by atoms with Gasteiger partial charge >= 0.3 is 0 Å². The SMILES string of the molecule is C=CC1(C=C)C(N)CCC(=N)C1C. The fourth-order valence-electron chi connectivity index (χ4n) is 2.14. The van der Waals surface area contributed by atoms with Crippen LogP contribution >= 0.6 is 0 Å². The van der Waals surface area contributed by atoms with Gasteiger partial charge in [0, 0.05) is 23.1 Å². The van der Waals surface area contributed by atoms with Crippen molar-refractivity contribution in [2.45, 2.75) is 25.8 Å². The Hall–Kier alpha value is -0.890. The van der Waals surface area contributed by atoms with Gasteiger partial charge in [-0.3, -0.25) is 0 Å². The van der Waals surface area contributed by atoms with Crippen LogP contribution in [-0.2, 0) is 0 Å². The normalized spacial score (nSPS) is 32.6. The summed E-state index contributed by atoms with van der Waals surface area (Å²) in [6.45, 7) is 9.66. The van der Waals surface area contributed by atoms with E-state index in [0.29, 0.717) is 0 Å². The van der Waals surface area contributed by atoms with Gasteiger partial charge in [0.2, 0.25) is 0 Å². The van der Waals surface area contributed by atoms with Crippen LogP contribution in [0.2, 0.25) is 0 Å². The first kappa shape index (κ1) is 10.2. The van der Waals surface area contributed by atoms with E-state index in [0.717, 1.165) is 18.6 Å². The fourth-order valence-corrected chi connectivity index (χ4v) is 2.14. The van der Waals surface area contributed by atoms with E-state index >= 15 is 0 Å². The largest absolute Gasteiger partial charge is 0.327 e. The highest BCUT2D eigenvalue weighted by Gasteiger charge is 2.41. The molecule has 1 aliphatic rings. The lowest BCUT2D eigenvalue weighted by Gasteiger charge is -2.43. The lowest BCUT2D eigenvalue weighted by atomic mass is 9.63. The smallest absolute Gasteiger partial charge is 0.0285 e. The summed E-state index contributed by atoms with van der Waals surface area (Å²) in [6, 6.07) is 0.0617. The molecule has 13 heavy (non-hydrogen) atoms. The van der Waals surface area contributed by atoms with Gasteiger partial charge in [-0.15, -0.1) is 13.2 Å². The second-order valence-electron chi connectivity index (χ2n) is 3.80. The van der Waals surface area contributed by atoms with Crippen molar-refractivity contribution in [3.8, 4) is 0 Å². The van der Waals surface area contributed by atoms with E-state index in [9.17, 15) is 0 Å². The summed E-state index contributed by atoms with van der Waals surface area (Å²) in [6.07, 6.45) is 5.37. The van der Waals surface area contributed by atoms with Gasteiger partial charge in [0.25, 0.3) is 0 Å². The van der Waals surface area contributed by atoms with Crippen molar-refractivity contribution in [1.29, 1.82) is 5.41 Å². The van der Waals surface area contributed by atoms with Crippen LogP contribution in [0.25, 0.3) is 0 Å². The molecule has 0 aromatic heterocycles. The first-order valence-electron chi connectivity index (χ1n) is 4.68. The Morgan fingerprint density at radius 2 is 2.08 bits per heavy atom. The summed E-state index contributed by atoms with van der Waals surface area (Å²) < 4.78 is 0. The minimum Gasteiger partial charge on any atom is -0.327 e. The highest BCUT2D eigenvalue weighted by Crippen LogP contribution is 2.40. The van der Waals surface area contributed by atoms with Crippen LogP contribution < -0.4 is 5.73 Å². The summed E-state index contributed by atoms with van der Waals surface area (Å²) in [4.78, 5) is 0. The molecule has 2 unspecified atom stereocenters. The molecule has 0 amide bonds. The topological polar surface area (TPSA) is 49.9 Å². The van der Waals surface area contributed by atoms with E-state index in [1.807, 2.05) is 19.1 Å². The lowest BCUT2D eigenvalue weighted by Crippen LogP contribution is -2.49. The third kappa shape index (κ3) is 1.35. The Labute approximate surface area is 80.0 Å². The first-order valence-corrected chi connectivity index (χ1v) is 4.68. The van der Waals surface area contributed by atoms with E-state index in [1.165, 1.54) is 0 Å². The molecule has 1 aliphatic carbocycles. The van der Waals surface area contributed by atoms with Gasteiger partial charge in [0.1, 0.15) is 0 Å². The highest BCUT2D eigenvalue weighted by molar-refractivity contribution is 5.86. The monoisotopic (exact) mass is 178 g/mol. The van der Waals surface area contributed by atoms with Gasteiger partial charge in [-0.2, -0.15) is 0 Å². The zero-order valence-corrected chi connectivity index (χ0v) is 8.22. The Morgan fingerprint density at radius 1 is 1.54 bits per heavy atom. The molecule has 0 saturated heterocycles. The molecule has 0 bridgehead atoms. The molecule has 2 heteroatoms. The minimum atomic E-state index is -0.269. The Bertz CT molecular complexity index is 234. The van der Waals surface area contributed by atoms with E-state index in [-0.39, 0.29) is 17.4 Å². The van der Waals surface area contributed by atoms with Gasteiger partial charge in [0.15, 0.2) is 0 Å². The summed E-state index contributed by atoms with van der Waals surface area (Å²) in [5, 5.41) is 7.80. The Balaban J connectivity index is 3.06. The van der Waals surface area contributed by atoms with Crippen LogP contribution in [0.1, 0.15) is 19.8 Å². The van der Waals surface area contributed by atoms with E-state index < -0.39 is 0 Å². The first-order chi connectivity index (χ1) is 6.08. The standard InChI is InChI=1S/C11H18N2/c1-4-11(5-2)8(3)9(12)6-7-10(11)13/h4-5,8,10,12H,1-2,6-7,13H2,3H3. The summed E-state index contributed by atoms with van der Waals surface area (Å²) >= 11 is 0. The van der Waals surface area contributed by atoms with Crippen molar-refractivity contribution in [3.05, 3.63) is 25.3 Å². The fraction of sp³-hybridized carbons (Fsp3) is 0.545. The van der Waals surface area contributed by atoms with Crippen LogP contribution in [0.15, 0.2) is 25.3 Å². The molecule has 3 N–H and O–H groups in total. The van der Waals surface area contributed by atoms with Crippen LogP contribution in [0.3, 0.4) is 0 Å². The molecule has 0 spiro atoms. The maximum absolute atomic E-state index is 7.80. The number of nitrogens with two attached hydrogens (primary N) is 1. The molecule has 1 saturated carbocycles. The van der Waals surface area contributed by atoms with Crippen molar-refractivity contribution in [2.24, 2.45) is 17.1 Å². The number of nitrogens with one attached hydrogen (secondary N) is 1. The van der Waals surface area contributed by atoms with Crippen LogP contribution in [0.5, 0.6) is 0 Å².